The SMILES string of the molecule is CCCCCCCCCCCCCCCCCCCCCC(=O)OCCCCCCCCCCCCCCCCCC(=O)NC(CO)C(O)CCCCCCCCCCCCCCC. The summed E-state index contributed by atoms with van der Waals surface area (Å²) in [4.78, 5) is 24.5. The Morgan fingerprint density at radius 2 is 0.641 bits per heavy atom. The minimum atomic E-state index is -0.668. The zero-order valence-corrected chi connectivity index (χ0v) is 43.5. The standard InChI is InChI=1S/C58H115NO5/c1-3-5-7-9-11-13-15-17-18-19-20-21-24-28-32-36-40-44-48-52-58(63)64-53-49-45-41-37-33-29-25-22-23-27-31-35-39-43-47-51-57(62)59-55(54-60)56(61)50-46-42-38-34-30-26-16-14-12-10-8-6-4-2/h55-56,60-61H,3-54H2,1-2H3,(H,59,62). The van der Waals surface area contributed by atoms with E-state index in [4.69, 9.17) is 4.74 Å². The van der Waals surface area contributed by atoms with Crippen molar-refractivity contribution in [2.45, 2.75) is 347 Å². The molecule has 0 aromatic carbocycles. The molecule has 0 aromatic heterocycles. The number of ether oxygens (including phenoxy) is 1. The Morgan fingerprint density at radius 1 is 0.375 bits per heavy atom. The first-order chi connectivity index (χ1) is 31.5. The third kappa shape index (κ3) is 50.3. The first kappa shape index (κ1) is 62.9. The fraction of sp³-hybridized carbons (Fsp3) is 0.966. The molecule has 0 radical (unpaired) electrons. The van der Waals surface area contributed by atoms with Gasteiger partial charge in [0.25, 0.3) is 0 Å². The van der Waals surface area contributed by atoms with Crippen LogP contribution in [0.1, 0.15) is 335 Å². The Balaban J connectivity index is 3.38. The van der Waals surface area contributed by atoms with E-state index in [2.05, 4.69) is 19.2 Å². The molecule has 3 N–H and O–H groups in total. The van der Waals surface area contributed by atoms with Crippen LogP contribution < -0.4 is 5.32 Å². The highest BCUT2D eigenvalue weighted by Crippen LogP contribution is 2.18. The average Bonchev–Trinajstić information content (AvgIpc) is 3.29. The number of hydrogen-bond acceptors (Lipinski definition) is 5. The van der Waals surface area contributed by atoms with Gasteiger partial charge >= 0.3 is 5.97 Å². The molecule has 382 valence electrons. The summed E-state index contributed by atoms with van der Waals surface area (Å²) in [7, 11) is 0. The predicted octanol–water partition coefficient (Wildman–Crippen LogP) is 17.9. The third-order valence-electron chi connectivity index (χ3n) is 13.9. The van der Waals surface area contributed by atoms with Crippen molar-refractivity contribution in [1.29, 1.82) is 0 Å². The van der Waals surface area contributed by atoms with Gasteiger partial charge in [-0.1, -0.05) is 296 Å². The van der Waals surface area contributed by atoms with E-state index in [0.717, 1.165) is 44.9 Å². The van der Waals surface area contributed by atoms with E-state index in [9.17, 15) is 19.8 Å². The van der Waals surface area contributed by atoms with Gasteiger partial charge in [-0.2, -0.15) is 0 Å². The summed E-state index contributed by atoms with van der Waals surface area (Å²) in [5.41, 5.74) is 0. The maximum atomic E-state index is 12.5. The molecule has 0 saturated heterocycles. The highest BCUT2D eigenvalue weighted by atomic mass is 16.5. The molecule has 0 rings (SSSR count). The van der Waals surface area contributed by atoms with Gasteiger partial charge in [-0.25, -0.2) is 0 Å². The Hall–Kier alpha value is -1.14. The van der Waals surface area contributed by atoms with Gasteiger partial charge < -0.3 is 20.3 Å². The van der Waals surface area contributed by atoms with Crippen LogP contribution in [-0.2, 0) is 14.3 Å². The van der Waals surface area contributed by atoms with Crippen LogP contribution in [-0.4, -0.2) is 47.4 Å². The summed E-state index contributed by atoms with van der Waals surface area (Å²) in [6.45, 7) is 4.96. The number of aliphatic hydroxyl groups excluding tert-OH is 2. The molecule has 0 aliphatic heterocycles. The topological polar surface area (TPSA) is 95.9 Å². The first-order valence-corrected chi connectivity index (χ1v) is 29.3. The average molecular weight is 907 g/mol. The molecule has 0 fully saturated rings. The number of unbranched alkanes of at least 4 members (excludes halogenated alkanes) is 44. The van der Waals surface area contributed by atoms with E-state index in [0.29, 0.717) is 25.9 Å². The minimum Gasteiger partial charge on any atom is -0.466 e. The second kappa shape index (κ2) is 54.5. The van der Waals surface area contributed by atoms with E-state index >= 15 is 0 Å². The quantitative estimate of drug-likeness (QED) is 0.0417. The molecule has 0 heterocycles. The van der Waals surface area contributed by atoms with Crippen LogP contribution in [0.2, 0.25) is 0 Å². The number of aliphatic hydroxyl groups is 2. The van der Waals surface area contributed by atoms with Crippen LogP contribution in [0.5, 0.6) is 0 Å². The van der Waals surface area contributed by atoms with Crippen molar-refractivity contribution in [2.75, 3.05) is 13.2 Å². The Kier molecular flexibility index (Phi) is 53.5. The van der Waals surface area contributed by atoms with Gasteiger partial charge in [-0.3, -0.25) is 9.59 Å². The number of amides is 1. The van der Waals surface area contributed by atoms with Crippen LogP contribution in [0, 0.1) is 0 Å². The molecule has 2 atom stereocenters. The number of nitrogens with one attached hydrogen (secondary N) is 1. The lowest BCUT2D eigenvalue weighted by Crippen LogP contribution is -2.45. The van der Waals surface area contributed by atoms with Crippen molar-refractivity contribution >= 4 is 11.9 Å². The second-order valence-electron chi connectivity index (χ2n) is 20.3. The van der Waals surface area contributed by atoms with Crippen molar-refractivity contribution in [3.8, 4) is 0 Å². The molecular weight excluding hydrogens is 791 g/mol. The van der Waals surface area contributed by atoms with Crippen molar-refractivity contribution in [3.63, 3.8) is 0 Å². The van der Waals surface area contributed by atoms with Crippen molar-refractivity contribution < 1.29 is 24.5 Å². The predicted molar refractivity (Wildman–Crippen MR) is 278 cm³/mol. The normalized spacial score (nSPS) is 12.5. The van der Waals surface area contributed by atoms with Gasteiger partial charge in [0.2, 0.25) is 5.91 Å². The number of rotatable bonds is 55. The van der Waals surface area contributed by atoms with Gasteiger partial charge in [-0.05, 0) is 25.7 Å². The molecule has 64 heavy (non-hydrogen) atoms. The Bertz CT molecular complexity index is 913. The second-order valence-corrected chi connectivity index (χ2v) is 20.3. The number of esters is 1. The van der Waals surface area contributed by atoms with Crippen LogP contribution in [0.15, 0.2) is 0 Å². The molecule has 6 heteroatoms. The van der Waals surface area contributed by atoms with E-state index in [1.807, 2.05) is 0 Å². The number of carbonyl (C=O) groups is 2. The largest absolute Gasteiger partial charge is 0.466 e. The zero-order chi connectivity index (χ0) is 46.5. The summed E-state index contributed by atoms with van der Waals surface area (Å²) in [6.07, 6.45) is 62.4. The fourth-order valence-electron chi connectivity index (χ4n) is 9.41. The smallest absolute Gasteiger partial charge is 0.305 e. The zero-order valence-electron chi connectivity index (χ0n) is 43.5. The molecule has 0 aromatic rings. The maximum absolute atomic E-state index is 12.5. The highest BCUT2D eigenvalue weighted by molar-refractivity contribution is 5.76. The van der Waals surface area contributed by atoms with E-state index < -0.39 is 12.1 Å². The third-order valence-corrected chi connectivity index (χ3v) is 13.9. The first-order valence-electron chi connectivity index (χ1n) is 29.3. The van der Waals surface area contributed by atoms with Crippen LogP contribution in [0.4, 0.5) is 0 Å². The van der Waals surface area contributed by atoms with Crippen molar-refractivity contribution in [2.24, 2.45) is 0 Å². The van der Waals surface area contributed by atoms with Crippen LogP contribution in [0.25, 0.3) is 0 Å². The molecule has 0 bridgehead atoms. The van der Waals surface area contributed by atoms with E-state index in [1.165, 1.54) is 257 Å². The van der Waals surface area contributed by atoms with Gasteiger partial charge in [0.15, 0.2) is 0 Å². The molecule has 0 saturated carbocycles. The summed E-state index contributed by atoms with van der Waals surface area (Å²) >= 11 is 0. The van der Waals surface area contributed by atoms with Gasteiger partial charge in [0.1, 0.15) is 0 Å². The lowest BCUT2D eigenvalue weighted by molar-refractivity contribution is -0.143. The van der Waals surface area contributed by atoms with Crippen LogP contribution in [0.3, 0.4) is 0 Å². The van der Waals surface area contributed by atoms with E-state index in [1.54, 1.807) is 0 Å². The highest BCUT2D eigenvalue weighted by Gasteiger charge is 2.20. The lowest BCUT2D eigenvalue weighted by Gasteiger charge is -2.22. The van der Waals surface area contributed by atoms with Crippen molar-refractivity contribution in [1.82, 2.24) is 5.32 Å². The maximum Gasteiger partial charge on any atom is 0.305 e. The van der Waals surface area contributed by atoms with Gasteiger partial charge in [0, 0.05) is 12.8 Å². The molecule has 0 aliphatic rings. The molecule has 2 unspecified atom stereocenters. The summed E-state index contributed by atoms with van der Waals surface area (Å²) in [5, 5.41) is 23.2. The summed E-state index contributed by atoms with van der Waals surface area (Å²) < 4.78 is 5.49. The molecule has 6 nitrogen and oxygen atoms in total. The number of carbonyl (C=O) groups excluding carboxylic acids is 2. The molecule has 0 spiro atoms. The van der Waals surface area contributed by atoms with Crippen molar-refractivity contribution in [3.05, 3.63) is 0 Å². The fourth-order valence-corrected chi connectivity index (χ4v) is 9.41. The minimum absolute atomic E-state index is 0.00635. The monoisotopic (exact) mass is 906 g/mol. The summed E-state index contributed by atoms with van der Waals surface area (Å²) in [6, 6.07) is -0.546. The molecule has 1 amide bonds. The molecule has 0 aliphatic carbocycles. The summed E-state index contributed by atoms with van der Waals surface area (Å²) in [5.74, 6) is -0.0350. The van der Waals surface area contributed by atoms with Crippen LogP contribution >= 0.6 is 0 Å². The van der Waals surface area contributed by atoms with Gasteiger partial charge in [0.05, 0.1) is 25.4 Å². The Labute approximate surface area is 400 Å². The van der Waals surface area contributed by atoms with E-state index in [-0.39, 0.29) is 18.5 Å². The molecular formula is C58H115NO5. The Morgan fingerprint density at radius 3 is 0.953 bits per heavy atom. The van der Waals surface area contributed by atoms with Gasteiger partial charge in [-0.15, -0.1) is 0 Å². The number of hydrogen-bond donors (Lipinski definition) is 3. The lowest BCUT2D eigenvalue weighted by atomic mass is 10.0.